The van der Waals surface area contributed by atoms with Crippen molar-refractivity contribution >= 4 is 29.1 Å². The van der Waals surface area contributed by atoms with Crippen molar-refractivity contribution in [1.29, 1.82) is 0 Å². The van der Waals surface area contributed by atoms with Gasteiger partial charge in [0.25, 0.3) is 5.91 Å². The highest BCUT2D eigenvalue weighted by Crippen LogP contribution is 2.28. The molecule has 1 heterocycles. The third-order valence-electron chi connectivity index (χ3n) is 5.64. The van der Waals surface area contributed by atoms with Crippen molar-refractivity contribution in [2.45, 2.75) is 53.1 Å². The number of fused-ring (bicyclic) bond motifs is 1. The Morgan fingerprint density at radius 1 is 1.19 bits per heavy atom. The summed E-state index contributed by atoms with van der Waals surface area (Å²) in [7, 11) is 1.68. The summed E-state index contributed by atoms with van der Waals surface area (Å²) in [4.78, 5) is 44.9. The summed E-state index contributed by atoms with van der Waals surface area (Å²) in [6, 6.07) is 7.61. The molecular weight excluding hydrogens is 404 g/mol. The van der Waals surface area contributed by atoms with E-state index in [9.17, 15) is 14.4 Å². The van der Waals surface area contributed by atoms with Gasteiger partial charge in [-0.25, -0.2) is 0 Å². The molecule has 174 valence electrons. The molecule has 0 spiro atoms. The number of hydrogen-bond acceptors (Lipinski definition) is 4. The van der Waals surface area contributed by atoms with Crippen molar-refractivity contribution in [3.05, 3.63) is 42.5 Å². The Kier molecular flexibility index (Phi) is 8.75. The second kappa shape index (κ2) is 11.1. The minimum Gasteiger partial charge on any atom is -0.369 e. The van der Waals surface area contributed by atoms with Gasteiger partial charge >= 0.3 is 0 Å². The van der Waals surface area contributed by atoms with Gasteiger partial charge in [-0.15, -0.1) is 6.58 Å². The lowest BCUT2D eigenvalue weighted by molar-refractivity contribution is -0.135. The number of anilines is 1. The molecule has 0 radical (unpaired) electrons. The molecule has 1 aromatic carbocycles. The Bertz CT molecular complexity index is 891. The fraction of sp³-hybridized carbons (Fsp3) is 0.520. The van der Waals surface area contributed by atoms with Gasteiger partial charge in [0.1, 0.15) is 0 Å². The molecule has 2 rings (SSSR count). The van der Waals surface area contributed by atoms with Crippen LogP contribution in [0.5, 0.6) is 0 Å². The van der Waals surface area contributed by atoms with E-state index in [0.29, 0.717) is 25.2 Å². The largest absolute Gasteiger partial charge is 0.369 e. The Labute approximate surface area is 191 Å². The van der Waals surface area contributed by atoms with Crippen molar-refractivity contribution in [2.75, 3.05) is 11.9 Å². The lowest BCUT2D eigenvalue weighted by Gasteiger charge is -2.27. The monoisotopic (exact) mass is 440 g/mol. The lowest BCUT2D eigenvalue weighted by Crippen LogP contribution is -2.50. The number of nitrogens with zero attached hydrogens (tertiary/aromatic N) is 2. The number of rotatable bonds is 10. The summed E-state index contributed by atoms with van der Waals surface area (Å²) in [5.41, 5.74) is 8.03. The molecule has 7 nitrogen and oxygen atoms in total. The highest BCUT2D eigenvalue weighted by molar-refractivity contribution is 6.13. The van der Waals surface area contributed by atoms with E-state index < -0.39 is 29.8 Å². The molecule has 0 fully saturated rings. The van der Waals surface area contributed by atoms with Crippen LogP contribution in [0.4, 0.5) is 5.69 Å². The number of nitrogens with one attached hydrogen (secondary N) is 1. The van der Waals surface area contributed by atoms with Crippen LogP contribution in [0.15, 0.2) is 41.9 Å². The van der Waals surface area contributed by atoms with Crippen LogP contribution in [-0.2, 0) is 14.4 Å². The smallest absolute Gasteiger partial charge is 0.272 e. The fourth-order valence-corrected chi connectivity index (χ4v) is 4.10. The number of nitrogens with two attached hydrogens (primary N) is 1. The lowest BCUT2D eigenvalue weighted by atomic mass is 9.82. The molecule has 3 atom stereocenters. The van der Waals surface area contributed by atoms with Crippen LogP contribution in [-0.4, -0.2) is 36.6 Å². The predicted molar refractivity (Wildman–Crippen MR) is 128 cm³/mol. The van der Waals surface area contributed by atoms with Crippen LogP contribution >= 0.6 is 0 Å². The van der Waals surface area contributed by atoms with Crippen LogP contribution in [0.3, 0.4) is 0 Å². The molecule has 3 amide bonds. The number of benzene rings is 1. The number of carbonyl (C=O) groups is 3. The number of benzodiazepines with no additional fused rings is 1. The van der Waals surface area contributed by atoms with Gasteiger partial charge < -0.3 is 16.0 Å². The summed E-state index contributed by atoms with van der Waals surface area (Å²) < 4.78 is 0. The van der Waals surface area contributed by atoms with Gasteiger partial charge in [-0.1, -0.05) is 52.0 Å². The van der Waals surface area contributed by atoms with Gasteiger partial charge in [-0.3, -0.25) is 19.4 Å². The van der Waals surface area contributed by atoms with E-state index in [-0.39, 0.29) is 11.8 Å². The Hall–Kier alpha value is -2.96. The molecule has 0 aromatic heterocycles. The van der Waals surface area contributed by atoms with Gasteiger partial charge in [0.2, 0.25) is 18.0 Å². The summed E-state index contributed by atoms with van der Waals surface area (Å²) in [6.07, 6.45) is 1.95. The average Bonchev–Trinajstić information content (AvgIpc) is 2.81. The standard InChI is InChI=1S/C25H36N4O3/c1-7-10-17(22(26)30)19(13-15(2)3)24(31)28-23-25(32)29(6)21-12-9-8-11-18(21)20(27-23)14-16(4)5/h7-9,11-12,15-17,19,23H,1,10,13-14H2,2-6H3,(H2,26,30)(H,28,31). The molecule has 1 aliphatic heterocycles. The number of para-hydroxylation sites is 1. The van der Waals surface area contributed by atoms with Gasteiger partial charge in [-0.05, 0) is 37.2 Å². The van der Waals surface area contributed by atoms with Crippen LogP contribution in [0.25, 0.3) is 0 Å². The maximum atomic E-state index is 13.3. The highest BCUT2D eigenvalue weighted by Gasteiger charge is 2.36. The first kappa shape index (κ1) is 25.3. The Morgan fingerprint density at radius 3 is 2.41 bits per heavy atom. The van der Waals surface area contributed by atoms with E-state index >= 15 is 0 Å². The van der Waals surface area contributed by atoms with Crippen molar-refractivity contribution < 1.29 is 14.4 Å². The second-order valence-electron chi connectivity index (χ2n) is 9.27. The van der Waals surface area contributed by atoms with Crippen molar-refractivity contribution in [3.8, 4) is 0 Å². The molecule has 32 heavy (non-hydrogen) atoms. The maximum Gasteiger partial charge on any atom is 0.272 e. The van der Waals surface area contributed by atoms with Gasteiger partial charge in [0.05, 0.1) is 17.5 Å². The van der Waals surface area contributed by atoms with Gasteiger partial charge in [0.15, 0.2) is 0 Å². The molecule has 7 heteroatoms. The summed E-state index contributed by atoms with van der Waals surface area (Å²) in [6.45, 7) is 11.8. The molecular formula is C25H36N4O3. The molecule has 0 saturated carbocycles. The first-order chi connectivity index (χ1) is 15.1. The van der Waals surface area contributed by atoms with E-state index in [0.717, 1.165) is 17.0 Å². The number of hydrogen-bond donors (Lipinski definition) is 2. The predicted octanol–water partition coefficient (Wildman–Crippen LogP) is 3.28. The molecule has 1 aromatic rings. The zero-order chi connectivity index (χ0) is 24.0. The third-order valence-corrected chi connectivity index (χ3v) is 5.64. The van der Waals surface area contributed by atoms with E-state index in [4.69, 9.17) is 10.7 Å². The first-order valence-corrected chi connectivity index (χ1v) is 11.2. The number of carbonyl (C=O) groups excluding carboxylic acids is 3. The van der Waals surface area contributed by atoms with Crippen molar-refractivity contribution in [3.63, 3.8) is 0 Å². The minimum atomic E-state index is -1.07. The first-order valence-electron chi connectivity index (χ1n) is 11.2. The fourth-order valence-electron chi connectivity index (χ4n) is 4.10. The third kappa shape index (κ3) is 6.05. The van der Waals surface area contributed by atoms with Crippen molar-refractivity contribution in [2.24, 2.45) is 34.4 Å². The average molecular weight is 441 g/mol. The van der Waals surface area contributed by atoms with E-state index in [1.54, 1.807) is 13.1 Å². The molecule has 3 N–H and O–H groups in total. The normalized spacial score (nSPS) is 18.0. The molecule has 3 unspecified atom stereocenters. The molecule has 0 aliphatic carbocycles. The van der Waals surface area contributed by atoms with Crippen LogP contribution in [0.1, 0.15) is 52.5 Å². The van der Waals surface area contributed by atoms with Crippen LogP contribution in [0.2, 0.25) is 0 Å². The Morgan fingerprint density at radius 2 is 1.84 bits per heavy atom. The van der Waals surface area contributed by atoms with Gasteiger partial charge in [0, 0.05) is 18.3 Å². The van der Waals surface area contributed by atoms with E-state index in [1.807, 2.05) is 38.1 Å². The number of likely N-dealkylation sites (N-methyl/N-ethyl adjacent to an activating group) is 1. The maximum absolute atomic E-state index is 13.3. The number of allylic oxidation sites excluding steroid dienone is 1. The van der Waals surface area contributed by atoms with Gasteiger partial charge in [-0.2, -0.15) is 0 Å². The molecule has 1 aliphatic rings. The van der Waals surface area contributed by atoms with Crippen LogP contribution < -0.4 is 16.0 Å². The second-order valence-corrected chi connectivity index (χ2v) is 9.27. The minimum absolute atomic E-state index is 0.161. The Balaban J connectivity index is 2.43. The van der Waals surface area contributed by atoms with Crippen molar-refractivity contribution in [1.82, 2.24) is 5.32 Å². The SMILES string of the molecule is C=CCC(C(N)=O)C(CC(C)C)C(=O)NC1N=C(CC(C)C)c2ccccc2N(C)C1=O. The number of aliphatic imine (C=N–C) groups is 1. The number of primary amides is 1. The van der Waals surface area contributed by atoms with E-state index in [2.05, 4.69) is 25.7 Å². The molecule has 0 bridgehead atoms. The topological polar surface area (TPSA) is 105 Å². The summed E-state index contributed by atoms with van der Waals surface area (Å²) in [5, 5.41) is 2.82. The molecule has 0 saturated heterocycles. The quantitative estimate of drug-likeness (QED) is 0.546. The zero-order valence-electron chi connectivity index (χ0n) is 19.8. The highest BCUT2D eigenvalue weighted by atomic mass is 16.2. The summed E-state index contributed by atoms with van der Waals surface area (Å²) in [5.74, 6) is -2.15. The zero-order valence-corrected chi connectivity index (χ0v) is 19.8. The number of amides is 3. The van der Waals surface area contributed by atoms with Crippen LogP contribution in [0, 0.1) is 23.7 Å². The summed E-state index contributed by atoms with van der Waals surface area (Å²) >= 11 is 0. The van der Waals surface area contributed by atoms with E-state index in [1.165, 1.54) is 4.90 Å².